The fourth-order valence-corrected chi connectivity index (χ4v) is 1.99. The van der Waals surface area contributed by atoms with Crippen LogP contribution >= 0.6 is 11.3 Å². The highest BCUT2D eigenvalue weighted by molar-refractivity contribution is 7.14. The van der Waals surface area contributed by atoms with Gasteiger partial charge in [-0.25, -0.2) is 14.6 Å². The van der Waals surface area contributed by atoms with Gasteiger partial charge in [-0.2, -0.15) is 0 Å². The maximum Gasteiger partial charge on any atom is 0.407 e. The van der Waals surface area contributed by atoms with Gasteiger partial charge in [0.05, 0.1) is 12.8 Å². The summed E-state index contributed by atoms with van der Waals surface area (Å²) in [5.74, 6) is 5.33. The van der Waals surface area contributed by atoms with Crippen LogP contribution in [0, 0.1) is 11.8 Å². The van der Waals surface area contributed by atoms with Gasteiger partial charge in [0.1, 0.15) is 10.5 Å². The minimum absolute atomic E-state index is 0.327. The van der Waals surface area contributed by atoms with E-state index in [1.54, 1.807) is 27.7 Å². The Hall–Kier alpha value is -2.07. The standard InChI is InChI=1S/C15H20N2O4S/c1-5-20-13(18)11-10-17-12(22-11)8-6-7-9-16-14(19)21-15(2,3)4/h10H,5,7,9H2,1-4H3,(H,16,19). The number of hydrogen-bond donors (Lipinski definition) is 1. The lowest BCUT2D eigenvalue weighted by Gasteiger charge is -2.19. The molecule has 1 amide bonds. The molecule has 0 atom stereocenters. The third-order valence-electron chi connectivity index (χ3n) is 2.10. The van der Waals surface area contributed by atoms with E-state index < -0.39 is 11.7 Å². The van der Waals surface area contributed by atoms with E-state index >= 15 is 0 Å². The number of carbonyl (C=O) groups excluding carboxylic acids is 2. The summed E-state index contributed by atoms with van der Waals surface area (Å²) in [5, 5.41) is 3.15. The Morgan fingerprint density at radius 1 is 1.41 bits per heavy atom. The monoisotopic (exact) mass is 324 g/mol. The molecular weight excluding hydrogens is 304 g/mol. The number of nitrogens with one attached hydrogen (secondary N) is 1. The molecule has 0 radical (unpaired) electrons. The van der Waals surface area contributed by atoms with Crippen molar-refractivity contribution < 1.29 is 19.1 Å². The zero-order chi connectivity index (χ0) is 16.6. The lowest BCUT2D eigenvalue weighted by Crippen LogP contribution is -2.32. The Morgan fingerprint density at radius 3 is 2.77 bits per heavy atom. The molecule has 120 valence electrons. The second-order valence-corrected chi connectivity index (χ2v) is 6.26. The maximum atomic E-state index is 11.5. The molecular formula is C15H20N2O4S. The summed E-state index contributed by atoms with van der Waals surface area (Å²) in [6.07, 6.45) is 1.45. The molecule has 0 saturated carbocycles. The van der Waals surface area contributed by atoms with Crippen molar-refractivity contribution in [1.29, 1.82) is 0 Å². The summed E-state index contributed by atoms with van der Waals surface area (Å²) in [4.78, 5) is 27.3. The number of esters is 1. The molecule has 0 unspecified atom stereocenters. The summed E-state index contributed by atoms with van der Waals surface area (Å²) in [6.45, 7) is 7.87. The van der Waals surface area contributed by atoms with Crippen molar-refractivity contribution in [1.82, 2.24) is 10.3 Å². The van der Waals surface area contributed by atoms with Crippen LogP contribution in [0.3, 0.4) is 0 Å². The van der Waals surface area contributed by atoms with E-state index in [2.05, 4.69) is 22.1 Å². The van der Waals surface area contributed by atoms with E-state index in [1.807, 2.05) is 0 Å². The minimum Gasteiger partial charge on any atom is -0.462 e. The molecule has 0 aliphatic heterocycles. The first-order valence-corrected chi connectivity index (χ1v) is 7.72. The van der Waals surface area contributed by atoms with Crippen LogP contribution in [0.15, 0.2) is 6.20 Å². The highest BCUT2D eigenvalue weighted by atomic mass is 32.1. The molecule has 0 bridgehead atoms. The van der Waals surface area contributed by atoms with Crippen molar-refractivity contribution in [3.63, 3.8) is 0 Å². The Morgan fingerprint density at radius 2 is 2.14 bits per heavy atom. The van der Waals surface area contributed by atoms with Crippen molar-refractivity contribution in [3.8, 4) is 11.8 Å². The van der Waals surface area contributed by atoms with Gasteiger partial charge >= 0.3 is 12.1 Å². The van der Waals surface area contributed by atoms with Crippen LogP contribution in [0.1, 0.15) is 48.8 Å². The highest BCUT2D eigenvalue weighted by Gasteiger charge is 2.15. The molecule has 0 saturated heterocycles. The van der Waals surface area contributed by atoms with Gasteiger partial charge in [0.25, 0.3) is 0 Å². The summed E-state index contributed by atoms with van der Waals surface area (Å²) < 4.78 is 9.97. The molecule has 7 heteroatoms. The normalized spacial score (nSPS) is 10.4. The number of carbonyl (C=O) groups is 2. The van der Waals surface area contributed by atoms with E-state index in [1.165, 1.54) is 17.5 Å². The Kier molecular flexibility index (Phi) is 6.86. The van der Waals surface area contributed by atoms with Gasteiger partial charge < -0.3 is 14.8 Å². The van der Waals surface area contributed by atoms with E-state index in [9.17, 15) is 9.59 Å². The average molecular weight is 324 g/mol. The number of amides is 1. The molecule has 1 aromatic rings. The first-order valence-electron chi connectivity index (χ1n) is 6.90. The van der Waals surface area contributed by atoms with Crippen molar-refractivity contribution >= 4 is 23.4 Å². The number of aromatic nitrogens is 1. The van der Waals surface area contributed by atoms with Crippen LogP contribution in [0.5, 0.6) is 0 Å². The SMILES string of the molecule is CCOC(=O)c1cnc(C#CCCNC(=O)OC(C)(C)C)s1. The van der Waals surface area contributed by atoms with E-state index in [-0.39, 0.29) is 5.97 Å². The van der Waals surface area contributed by atoms with Gasteiger partial charge in [-0.15, -0.1) is 0 Å². The fourth-order valence-electron chi connectivity index (χ4n) is 1.31. The number of alkyl carbamates (subject to hydrolysis) is 1. The third kappa shape index (κ3) is 7.09. The number of ether oxygens (including phenoxy) is 2. The van der Waals surface area contributed by atoms with Gasteiger partial charge in [-0.1, -0.05) is 17.3 Å². The number of nitrogens with zero attached hydrogens (tertiary/aromatic N) is 1. The molecule has 1 rings (SSSR count). The maximum absolute atomic E-state index is 11.5. The number of thiazole rings is 1. The molecule has 1 aromatic heterocycles. The lowest BCUT2D eigenvalue weighted by atomic mass is 10.2. The molecule has 1 N–H and O–H groups in total. The molecule has 1 heterocycles. The van der Waals surface area contributed by atoms with Crippen molar-refractivity contribution in [2.75, 3.05) is 13.2 Å². The first-order chi connectivity index (χ1) is 10.3. The van der Waals surface area contributed by atoms with Crippen molar-refractivity contribution in [2.24, 2.45) is 0 Å². The third-order valence-corrected chi connectivity index (χ3v) is 2.99. The minimum atomic E-state index is -0.514. The van der Waals surface area contributed by atoms with Crippen molar-refractivity contribution in [3.05, 3.63) is 16.1 Å². The van der Waals surface area contributed by atoms with Crippen LogP contribution in [0.25, 0.3) is 0 Å². The summed E-state index contributed by atoms with van der Waals surface area (Å²) in [7, 11) is 0. The van der Waals surface area contributed by atoms with E-state index in [4.69, 9.17) is 9.47 Å². The average Bonchev–Trinajstić information content (AvgIpc) is 2.85. The molecule has 0 aliphatic carbocycles. The second-order valence-electron chi connectivity index (χ2n) is 5.23. The molecule has 22 heavy (non-hydrogen) atoms. The molecule has 0 fully saturated rings. The predicted octanol–water partition coefficient (Wildman–Crippen LogP) is 2.59. The Bertz CT molecular complexity index is 578. The first kappa shape index (κ1) is 18.0. The molecule has 0 spiro atoms. The highest BCUT2D eigenvalue weighted by Crippen LogP contribution is 2.13. The molecule has 0 aromatic carbocycles. The number of rotatable bonds is 4. The second kappa shape index (κ2) is 8.39. The van der Waals surface area contributed by atoms with Crippen LogP contribution in [-0.2, 0) is 9.47 Å². The number of hydrogen-bond acceptors (Lipinski definition) is 6. The molecule has 6 nitrogen and oxygen atoms in total. The Balaban J connectivity index is 2.36. The zero-order valence-corrected chi connectivity index (χ0v) is 14.0. The zero-order valence-electron chi connectivity index (χ0n) is 13.2. The van der Waals surface area contributed by atoms with Gasteiger partial charge in [-0.05, 0) is 33.6 Å². The topological polar surface area (TPSA) is 77.5 Å². The van der Waals surface area contributed by atoms with Gasteiger partial charge in [0.2, 0.25) is 0 Å². The summed E-state index contributed by atoms with van der Waals surface area (Å²) in [5.41, 5.74) is -0.514. The van der Waals surface area contributed by atoms with Crippen LogP contribution in [0.2, 0.25) is 0 Å². The van der Waals surface area contributed by atoms with Gasteiger partial charge in [0, 0.05) is 13.0 Å². The van der Waals surface area contributed by atoms with Crippen LogP contribution in [0.4, 0.5) is 4.79 Å². The van der Waals surface area contributed by atoms with Gasteiger partial charge in [0.15, 0.2) is 5.01 Å². The van der Waals surface area contributed by atoms with Crippen LogP contribution < -0.4 is 5.32 Å². The van der Waals surface area contributed by atoms with Gasteiger partial charge in [-0.3, -0.25) is 0 Å². The van der Waals surface area contributed by atoms with Crippen molar-refractivity contribution in [2.45, 2.75) is 39.7 Å². The lowest BCUT2D eigenvalue weighted by molar-refractivity contribution is 0.0519. The Labute approximate surface area is 134 Å². The largest absolute Gasteiger partial charge is 0.462 e. The summed E-state index contributed by atoms with van der Waals surface area (Å²) in [6, 6.07) is 0. The quantitative estimate of drug-likeness (QED) is 0.523. The summed E-state index contributed by atoms with van der Waals surface area (Å²) >= 11 is 1.18. The predicted molar refractivity (Wildman–Crippen MR) is 83.8 cm³/mol. The van der Waals surface area contributed by atoms with Crippen LogP contribution in [-0.4, -0.2) is 35.8 Å². The fraction of sp³-hybridized carbons (Fsp3) is 0.533. The van der Waals surface area contributed by atoms with E-state index in [0.29, 0.717) is 29.5 Å². The van der Waals surface area contributed by atoms with E-state index in [0.717, 1.165) is 0 Å². The molecule has 0 aliphatic rings. The smallest absolute Gasteiger partial charge is 0.407 e.